The predicted molar refractivity (Wildman–Crippen MR) is 47.3 cm³/mol. The molecule has 0 amide bonds. The van der Waals surface area contributed by atoms with E-state index in [-0.39, 0.29) is 5.95 Å². The minimum absolute atomic E-state index is 0.283. The van der Waals surface area contributed by atoms with Crippen molar-refractivity contribution in [3.05, 3.63) is 12.2 Å². The highest BCUT2D eigenvalue weighted by atomic mass is 16.5. The van der Waals surface area contributed by atoms with Gasteiger partial charge in [-0.25, -0.2) is 5.10 Å². The zero-order valence-electron chi connectivity index (χ0n) is 7.27. The summed E-state index contributed by atoms with van der Waals surface area (Å²) in [5.74, 6) is 1.31. The van der Waals surface area contributed by atoms with Crippen molar-refractivity contribution in [1.29, 1.82) is 0 Å². The fourth-order valence-corrected chi connectivity index (χ4v) is 0.941. The first-order valence-corrected chi connectivity index (χ1v) is 4.02. The van der Waals surface area contributed by atoms with Crippen LogP contribution in [0.3, 0.4) is 0 Å². The van der Waals surface area contributed by atoms with Crippen molar-refractivity contribution in [2.24, 2.45) is 0 Å². The standard InChI is InChI=1S/C6H9N7O/c7-5-11-6(13-12-5)8-2-1-4-9-3-10-14-4/h3H,1-2H2,(H4,7,8,11,12,13). The van der Waals surface area contributed by atoms with Gasteiger partial charge in [0, 0.05) is 13.0 Å². The summed E-state index contributed by atoms with van der Waals surface area (Å²) >= 11 is 0. The van der Waals surface area contributed by atoms with E-state index in [0.29, 0.717) is 24.8 Å². The lowest BCUT2D eigenvalue weighted by Gasteiger charge is -1.96. The van der Waals surface area contributed by atoms with Gasteiger partial charge < -0.3 is 15.6 Å². The summed E-state index contributed by atoms with van der Waals surface area (Å²) in [6, 6.07) is 0. The van der Waals surface area contributed by atoms with Gasteiger partial charge in [-0.3, -0.25) is 0 Å². The van der Waals surface area contributed by atoms with Gasteiger partial charge in [-0.05, 0) is 0 Å². The Balaban J connectivity index is 1.78. The topological polar surface area (TPSA) is 119 Å². The minimum atomic E-state index is 0.283. The van der Waals surface area contributed by atoms with Crippen molar-refractivity contribution in [1.82, 2.24) is 25.3 Å². The van der Waals surface area contributed by atoms with Crippen LogP contribution in [0.5, 0.6) is 0 Å². The maximum atomic E-state index is 5.33. The summed E-state index contributed by atoms with van der Waals surface area (Å²) in [6.07, 6.45) is 1.98. The Labute approximate surface area is 78.9 Å². The van der Waals surface area contributed by atoms with Crippen molar-refractivity contribution < 1.29 is 4.52 Å². The van der Waals surface area contributed by atoms with Crippen LogP contribution >= 0.6 is 0 Å². The second kappa shape index (κ2) is 3.73. The Hall–Kier alpha value is -2.12. The Morgan fingerprint density at radius 3 is 3.14 bits per heavy atom. The van der Waals surface area contributed by atoms with Crippen LogP contribution in [0.4, 0.5) is 11.9 Å². The molecule has 2 heterocycles. The summed E-state index contributed by atoms with van der Waals surface area (Å²) in [6.45, 7) is 0.611. The van der Waals surface area contributed by atoms with Crippen LogP contribution in [0.1, 0.15) is 5.89 Å². The average molecular weight is 195 g/mol. The Kier molecular flexibility index (Phi) is 2.26. The lowest BCUT2D eigenvalue weighted by Crippen LogP contribution is -2.06. The maximum absolute atomic E-state index is 5.33. The molecular weight excluding hydrogens is 186 g/mol. The van der Waals surface area contributed by atoms with E-state index in [2.05, 4.69) is 30.6 Å². The van der Waals surface area contributed by atoms with Crippen molar-refractivity contribution in [2.45, 2.75) is 6.42 Å². The summed E-state index contributed by atoms with van der Waals surface area (Å²) in [5, 5.41) is 12.7. The number of nitrogens with two attached hydrogens (primary N) is 1. The molecule has 0 aromatic carbocycles. The molecule has 0 bridgehead atoms. The third-order valence-electron chi connectivity index (χ3n) is 1.53. The number of anilines is 2. The molecular formula is C6H9N7O. The van der Waals surface area contributed by atoms with Crippen LogP contribution in [0.15, 0.2) is 10.9 Å². The molecule has 0 atom stereocenters. The first-order valence-electron chi connectivity index (χ1n) is 4.02. The minimum Gasteiger partial charge on any atom is -0.368 e. The molecule has 8 nitrogen and oxygen atoms in total. The lowest BCUT2D eigenvalue weighted by molar-refractivity contribution is 0.379. The second-order valence-electron chi connectivity index (χ2n) is 2.56. The molecule has 0 radical (unpaired) electrons. The third kappa shape index (κ3) is 1.97. The van der Waals surface area contributed by atoms with Gasteiger partial charge in [0.15, 0.2) is 6.33 Å². The van der Waals surface area contributed by atoms with E-state index in [1.165, 1.54) is 6.33 Å². The van der Waals surface area contributed by atoms with Crippen LogP contribution in [0.2, 0.25) is 0 Å². The number of hydrogen-bond donors (Lipinski definition) is 3. The van der Waals surface area contributed by atoms with Crippen molar-refractivity contribution in [3.8, 4) is 0 Å². The maximum Gasteiger partial charge on any atom is 0.243 e. The number of aromatic nitrogens is 5. The van der Waals surface area contributed by atoms with E-state index >= 15 is 0 Å². The number of rotatable bonds is 4. The molecule has 0 aliphatic carbocycles. The molecule has 0 aliphatic rings. The number of nitrogens with zero attached hydrogens (tertiary/aromatic N) is 4. The van der Waals surface area contributed by atoms with E-state index in [4.69, 9.17) is 10.3 Å². The fourth-order valence-electron chi connectivity index (χ4n) is 0.941. The smallest absolute Gasteiger partial charge is 0.243 e. The van der Waals surface area contributed by atoms with Crippen molar-refractivity contribution in [3.63, 3.8) is 0 Å². The Morgan fingerprint density at radius 2 is 2.50 bits per heavy atom. The molecule has 0 saturated heterocycles. The van der Waals surface area contributed by atoms with Gasteiger partial charge in [-0.1, -0.05) is 5.16 Å². The number of H-pyrrole nitrogens is 1. The Bertz CT molecular complexity index is 381. The van der Waals surface area contributed by atoms with Gasteiger partial charge >= 0.3 is 0 Å². The first kappa shape index (κ1) is 8.48. The third-order valence-corrected chi connectivity index (χ3v) is 1.53. The molecule has 8 heteroatoms. The Morgan fingerprint density at radius 1 is 1.57 bits per heavy atom. The molecule has 2 rings (SSSR count). The van der Waals surface area contributed by atoms with E-state index in [9.17, 15) is 0 Å². The van der Waals surface area contributed by atoms with Crippen LogP contribution in [-0.2, 0) is 6.42 Å². The fraction of sp³-hybridized carbons (Fsp3) is 0.333. The van der Waals surface area contributed by atoms with Gasteiger partial charge in [0.25, 0.3) is 0 Å². The second-order valence-corrected chi connectivity index (χ2v) is 2.56. The van der Waals surface area contributed by atoms with Gasteiger partial charge in [0.1, 0.15) is 0 Å². The van der Waals surface area contributed by atoms with Gasteiger partial charge in [-0.2, -0.15) is 9.97 Å². The molecule has 0 saturated carbocycles. The summed E-state index contributed by atoms with van der Waals surface area (Å²) in [4.78, 5) is 7.72. The van der Waals surface area contributed by atoms with Crippen molar-refractivity contribution >= 4 is 11.9 Å². The zero-order valence-corrected chi connectivity index (χ0v) is 7.27. The molecule has 2 aromatic rings. The molecule has 4 N–H and O–H groups in total. The molecule has 0 unspecified atom stereocenters. The van der Waals surface area contributed by atoms with Gasteiger partial charge in [0.05, 0.1) is 0 Å². The highest BCUT2D eigenvalue weighted by Gasteiger charge is 2.01. The van der Waals surface area contributed by atoms with E-state index in [0.717, 1.165) is 0 Å². The lowest BCUT2D eigenvalue weighted by atomic mass is 10.4. The van der Waals surface area contributed by atoms with Gasteiger partial charge in [0.2, 0.25) is 17.8 Å². The number of hydrogen-bond acceptors (Lipinski definition) is 7. The average Bonchev–Trinajstić information content (AvgIpc) is 2.77. The number of aromatic amines is 1. The predicted octanol–water partition coefficient (Wildman–Crippen LogP) is -0.576. The molecule has 0 fully saturated rings. The normalized spacial score (nSPS) is 10.3. The number of nitrogens with one attached hydrogen (secondary N) is 2. The highest BCUT2D eigenvalue weighted by molar-refractivity contribution is 5.29. The first-order chi connectivity index (χ1) is 6.84. The summed E-state index contributed by atoms with van der Waals surface area (Å²) in [7, 11) is 0. The summed E-state index contributed by atoms with van der Waals surface area (Å²) < 4.78 is 4.80. The van der Waals surface area contributed by atoms with E-state index < -0.39 is 0 Å². The molecule has 0 aliphatic heterocycles. The number of nitrogen functional groups attached to an aromatic ring is 1. The van der Waals surface area contributed by atoms with Gasteiger partial charge in [-0.15, -0.1) is 5.10 Å². The zero-order chi connectivity index (χ0) is 9.80. The van der Waals surface area contributed by atoms with Crippen LogP contribution < -0.4 is 11.1 Å². The molecule has 2 aromatic heterocycles. The molecule has 14 heavy (non-hydrogen) atoms. The molecule has 74 valence electrons. The monoisotopic (exact) mass is 195 g/mol. The highest BCUT2D eigenvalue weighted by Crippen LogP contribution is 1.99. The van der Waals surface area contributed by atoms with Crippen molar-refractivity contribution in [2.75, 3.05) is 17.6 Å². The quantitative estimate of drug-likeness (QED) is 0.597. The summed E-state index contributed by atoms with van der Waals surface area (Å²) in [5.41, 5.74) is 5.33. The van der Waals surface area contributed by atoms with E-state index in [1.807, 2.05) is 0 Å². The van der Waals surface area contributed by atoms with Crippen LogP contribution in [0, 0.1) is 0 Å². The molecule has 0 spiro atoms. The van der Waals surface area contributed by atoms with Crippen LogP contribution in [0.25, 0.3) is 0 Å². The van der Waals surface area contributed by atoms with Crippen LogP contribution in [-0.4, -0.2) is 31.9 Å². The largest absolute Gasteiger partial charge is 0.368 e. The van der Waals surface area contributed by atoms with E-state index in [1.54, 1.807) is 0 Å². The SMILES string of the molecule is Nc1nc(NCCc2ncno2)n[nH]1.